The van der Waals surface area contributed by atoms with Gasteiger partial charge in [-0.2, -0.15) is 4.99 Å². The quantitative estimate of drug-likeness (QED) is 0.353. The van der Waals surface area contributed by atoms with Gasteiger partial charge in [-0.05, 0) is 79.3 Å². The standard InChI is InChI=1S/C24H27F2NS/c1-3-16(2)12-17-4-6-18(7-5-17)19-8-10-20(11-9-19)21-13-23(26)24(27-15-28)14-22(21)25/h8-11,13-14,16-18H,3-7,12H2,1-2H3. The number of rotatable bonds is 6. The molecular weight excluding hydrogens is 372 g/mol. The molecular formula is C24H27F2NS. The topological polar surface area (TPSA) is 12.4 Å². The second-order valence-electron chi connectivity index (χ2n) is 8.08. The highest BCUT2D eigenvalue weighted by Gasteiger charge is 2.23. The fraction of sp³-hybridized carbons (Fsp3) is 0.458. The number of hydrogen-bond donors (Lipinski definition) is 0. The first-order valence-electron chi connectivity index (χ1n) is 10.2. The predicted octanol–water partition coefficient (Wildman–Crippen LogP) is 8.08. The van der Waals surface area contributed by atoms with Crippen LogP contribution in [-0.2, 0) is 0 Å². The molecule has 2 aromatic carbocycles. The molecule has 148 valence electrons. The number of benzene rings is 2. The van der Waals surface area contributed by atoms with Crippen LogP contribution in [0, 0.1) is 23.5 Å². The molecule has 1 atom stereocenters. The number of thiocarbonyl (C=S) groups is 1. The van der Waals surface area contributed by atoms with Gasteiger partial charge in [0.2, 0.25) is 0 Å². The van der Waals surface area contributed by atoms with Crippen molar-refractivity contribution in [3.05, 3.63) is 53.6 Å². The van der Waals surface area contributed by atoms with Gasteiger partial charge >= 0.3 is 0 Å². The maximum atomic E-state index is 14.4. The minimum absolute atomic E-state index is 0.123. The van der Waals surface area contributed by atoms with Gasteiger partial charge in [-0.15, -0.1) is 0 Å². The lowest BCUT2D eigenvalue weighted by Gasteiger charge is -2.30. The Labute approximate surface area is 171 Å². The molecule has 2 aromatic rings. The Morgan fingerprint density at radius 3 is 2.36 bits per heavy atom. The predicted molar refractivity (Wildman–Crippen MR) is 115 cm³/mol. The van der Waals surface area contributed by atoms with E-state index in [0.717, 1.165) is 17.9 Å². The smallest absolute Gasteiger partial charge is 0.150 e. The molecule has 1 nitrogen and oxygen atoms in total. The molecule has 1 saturated carbocycles. The average molecular weight is 400 g/mol. The molecule has 0 aliphatic heterocycles. The van der Waals surface area contributed by atoms with Crippen LogP contribution in [0.2, 0.25) is 0 Å². The molecule has 1 aliphatic rings. The van der Waals surface area contributed by atoms with Crippen LogP contribution in [-0.4, -0.2) is 5.16 Å². The van der Waals surface area contributed by atoms with E-state index in [9.17, 15) is 8.78 Å². The highest BCUT2D eigenvalue weighted by atomic mass is 32.1. The Hall–Kier alpha value is -1.90. The molecule has 0 N–H and O–H groups in total. The summed E-state index contributed by atoms with van der Waals surface area (Å²) in [7, 11) is 0. The third-order valence-corrected chi connectivity index (χ3v) is 6.27. The minimum Gasteiger partial charge on any atom is -0.206 e. The van der Waals surface area contributed by atoms with E-state index in [4.69, 9.17) is 0 Å². The van der Waals surface area contributed by atoms with Crippen molar-refractivity contribution in [1.29, 1.82) is 0 Å². The van der Waals surface area contributed by atoms with Crippen molar-refractivity contribution in [1.82, 2.24) is 0 Å². The van der Waals surface area contributed by atoms with Crippen molar-refractivity contribution >= 4 is 23.1 Å². The first-order valence-corrected chi connectivity index (χ1v) is 10.6. The average Bonchev–Trinajstić information content (AvgIpc) is 2.71. The van der Waals surface area contributed by atoms with Crippen molar-refractivity contribution in [2.75, 3.05) is 0 Å². The van der Waals surface area contributed by atoms with Crippen molar-refractivity contribution in [2.24, 2.45) is 16.8 Å². The molecule has 3 rings (SSSR count). The van der Waals surface area contributed by atoms with Crippen molar-refractivity contribution in [3.8, 4) is 11.1 Å². The van der Waals surface area contributed by atoms with E-state index in [1.54, 1.807) is 0 Å². The summed E-state index contributed by atoms with van der Waals surface area (Å²) in [5.41, 5.74) is 2.09. The van der Waals surface area contributed by atoms with Gasteiger partial charge in [0.05, 0.1) is 5.16 Å². The van der Waals surface area contributed by atoms with Crippen LogP contribution < -0.4 is 0 Å². The van der Waals surface area contributed by atoms with E-state index >= 15 is 0 Å². The van der Waals surface area contributed by atoms with Gasteiger partial charge in [-0.1, -0.05) is 44.5 Å². The fourth-order valence-electron chi connectivity index (χ4n) is 4.29. The van der Waals surface area contributed by atoms with E-state index in [1.165, 1.54) is 50.2 Å². The minimum atomic E-state index is -0.600. The van der Waals surface area contributed by atoms with E-state index in [-0.39, 0.29) is 11.3 Å². The molecule has 0 spiro atoms. The largest absolute Gasteiger partial charge is 0.206 e. The zero-order valence-electron chi connectivity index (χ0n) is 16.6. The monoisotopic (exact) mass is 399 g/mol. The van der Waals surface area contributed by atoms with Crippen LogP contribution in [0.25, 0.3) is 11.1 Å². The highest BCUT2D eigenvalue weighted by molar-refractivity contribution is 7.78. The maximum Gasteiger partial charge on any atom is 0.150 e. The summed E-state index contributed by atoms with van der Waals surface area (Å²) in [5, 5.41) is 2.07. The second-order valence-corrected chi connectivity index (χ2v) is 8.26. The molecule has 28 heavy (non-hydrogen) atoms. The zero-order valence-corrected chi connectivity index (χ0v) is 17.4. The number of isothiocyanates is 1. The van der Waals surface area contributed by atoms with Gasteiger partial charge in [0.15, 0.2) is 0 Å². The van der Waals surface area contributed by atoms with Crippen LogP contribution >= 0.6 is 12.2 Å². The van der Waals surface area contributed by atoms with Crippen molar-refractivity contribution < 1.29 is 8.78 Å². The molecule has 0 saturated heterocycles. The first-order chi connectivity index (χ1) is 13.5. The molecule has 4 heteroatoms. The zero-order chi connectivity index (χ0) is 20.1. The summed E-state index contributed by atoms with van der Waals surface area (Å²) < 4.78 is 28.5. The van der Waals surface area contributed by atoms with Crippen LogP contribution in [0.4, 0.5) is 14.5 Å². The Morgan fingerprint density at radius 2 is 1.75 bits per heavy atom. The summed E-state index contributed by atoms with van der Waals surface area (Å²) in [4.78, 5) is 3.56. The highest BCUT2D eigenvalue weighted by Crippen LogP contribution is 2.39. The van der Waals surface area contributed by atoms with E-state index in [1.807, 2.05) is 12.1 Å². The molecule has 0 heterocycles. The third-order valence-electron chi connectivity index (χ3n) is 6.18. The number of halogens is 2. The second kappa shape index (κ2) is 9.54. The van der Waals surface area contributed by atoms with E-state index in [0.29, 0.717) is 11.5 Å². The summed E-state index contributed by atoms with van der Waals surface area (Å²) in [6, 6.07) is 10.2. The van der Waals surface area contributed by atoms with E-state index < -0.39 is 11.6 Å². The molecule has 0 radical (unpaired) electrons. The lowest BCUT2D eigenvalue weighted by Crippen LogP contribution is -2.15. The lowest BCUT2D eigenvalue weighted by molar-refractivity contribution is 0.273. The van der Waals surface area contributed by atoms with Gasteiger partial charge < -0.3 is 0 Å². The summed E-state index contributed by atoms with van der Waals surface area (Å²) in [6.45, 7) is 4.62. The van der Waals surface area contributed by atoms with Crippen LogP contribution in [0.15, 0.2) is 41.4 Å². The Kier molecular flexibility index (Phi) is 7.09. The summed E-state index contributed by atoms with van der Waals surface area (Å²) >= 11 is 4.47. The normalized spacial score (nSPS) is 20.4. The van der Waals surface area contributed by atoms with Crippen LogP contribution in [0.5, 0.6) is 0 Å². The summed E-state index contributed by atoms with van der Waals surface area (Å²) in [5.74, 6) is 1.14. The molecule has 1 aliphatic carbocycles. The van der Waals surface area contributed by atoms with Crippen molar-refractivity contribution in [2.45, 2.75) is 58.3 Å². The Bertz CT molecular complexity index is 848. The molecule has 0 bridgehead atoms. The molecule has 0 aromatic heterocycles. The molecule has 0 amide bonds. The maximum absolute atomic E-state index is 14.4. The van der Waals surface area contributed by atoms with Gasteiger partial charge in [-0.25, -0.2) is 8.78 Å². The number of hydrogen-bond acceptors (Lipinski definition) is 2. The van der Waals surface area contributed by atoms with Gasteiger partial charge in [0.25, 0.3) is 0 Å². The Morgan fingerprint density at radius 1 is 1.07 bits per heavy atom. The first kappa shape index (κ1) is 20.8. The van der Waals surface area contributed by atoms with Gasteiger partial charge in [-0.3, -0.25) is 0 Å². The SMILES string of the molecule is CCC(C)CC1CCC(c2ccc(-c3cc(F)c(N=C=S)cc3F)cc2)CC1. The van der Waals surface area contributed by atoms with Gasteiger partial charge in [0, 0.05) is 11.6 Å². The van der Waals surface area contributed by atoms with Crippen LogP contribution in [0.3, 0.4) is 0 Å². The Balaban J connectivity index is 1.69. The molecule has 1 fully saturated rings. The third kappa shape index (κ3) is 4.92. The van der Waals surface area contributed by atoms with Gasteiger partial charge in [0.1, 0.15) is 17.3 Å². The van der Waals surface area contributed by atoms with Crippen molar-refractivity contribution in [3.63, 3.8) is 0 Å². The lowest BCUT2D eigenvalue weighted by atomic mass is 9.75. The number of nitrogens with zero attached hydrogens (tertiary/aromatic N) is 1. The van der Waals surface area contributed by atoms with E-state index in [2.05, 4.69) is 48.4 Å². The molecule has 1 unspecified atom stereocenters. The number of aliphatic imine (C=N–C) groups is 1. The van der Waals surface area contributed by atoms with Crippen LogP contribution in [0.1, 0.15) is 63.9 Å². The summed E-state index contributed by atoms with van der Waals surface area (Å²) in [6.07, 6.45) is 7.62. The fourth-order valence-corrected chi connectivity index (χ4v) is 4.39.